The molecule has 0 fully saturated rings. The summed E-state index contributed by atoms with van der Waals surface area (Å²) in [5.74, 6) is -0.510. The number of halogens is 1. The largest absolute Gasteiger partial charge is 0.495 e. The van der Waals surface area contributed by atoms with E-state index in [2.05, 4.69) is 15.5 Å². The second kappa shape index (κ2) is 9.27. The number of aromatic hydroxyl groups is 2. The molecule has 0 atom stereocenters. The van der Waals surface area contributed by atoms with Gasteiger partial charge in [0.05, 0.1) is 18.5 Å². The fraction of sp³-hybridized carbons (Fsp3) is 0.0435. The van der Waals surface area contributed by atoms with Crippen molar-refractivity contribution in [2.75, 3.05) is 12.4 Å². The highest BCUT2D eigenvalue weighted by Crippen LogP contribution is 2.39. The van der Waals surface area contributed by atoms with E-state index in [4.69, 9.17) is 28.6 Å². The molecule has 3 aromatic carbocycles. The van der Waals surface area contributed by atoms with E-state index in [0.717, 1.165) is 0 Å². The summed E-state index contributed by atoms with van der Waals surface area (Å²) >= 11 is 11.0. The molecule has 4 aromatic rings. The molecule has 1 amide bonds. The van der Waals surface area contributed by atoms with Gasteiger partial charge in [0.1, 0.15) is 5.75 Å². The Morgan fingerprint density at radius 2 is 1.70 bits per heavy atom. The van der Waals surface area contributed by atoms with Gasteiger partial charge in [0.15, 0.2) is 0 Å². The quantitative estimate of drug-likeness (QED) is 0.255. The highest BCUT2D eigenvalue weighted by Gasteiger charge is 2.19. The van der Waals surface area contributed by atoms with Gasteiger partial charge >= 0.3 is 0 Å². The first-order valence-electron chi connectivity index (χ1n) is 9.61. The van der Waals surface area contributed by atoms with Crippen molar-refractivity contribution in [1.29, 1.82) is 0 Å². The van der Waals surface area contributed by atoms with Gasteiger partial charge in [-0.2, -0.15) is 0 Å². The fourth-order valence-corrected chi connectivity index (χ4v) is 3.55. The van der Waals surface area contributed by atoms with Crippen LogP contribution in [0, 0.1) is 0 Å². The third-order valence-electron chi connectivity index (χ3n) is 4.84. The number of ether oxygens (including phenoxy) is 1. The van der Waals surface area contributed by atoms with Crippen molar-refractivity contribution in [3.63, 3.8) is 0 Å². The normalized spacial score (nSPS) is 11.1. The van der Waals surface area contributed by atoms with E-state index in [1.807, 2.05) is 6.07 Å². The molecule has 8 nitrogen and oxygen atoms in total. The number of hydrogen-bond donors (Lipinski definition) is 3. The molecule has 33 heavy (non-hydrogen) atoms. The van der Waals surface area contributed by atoms with Gasteiger partial charge in [0, 0.05) is 21.4 Å². The number of para-hydroxylation sites is 2. The average molecular weight is 481 g/mol. The smallest absolute Gasteiger partial charge is 0.295 e. The lowest BCUT2D eigenvalue weighted by molar-refractivity contribution is 0.0995. The van der Waals surface area contributed by atoms with E-state index in [9.17, 15) is 15.0 Å². The van der Waals surface area contributed by atoms with E-state index in [-0.39, 0.29) is 27.8 Å². The number of rotatable bonds is 4. The number of carbonyl (C=O) groups is 1. The number of amides is 1. The molecular weight excluding hydrogens is 464 g/mol. The molecule has 0 spiro atoms. The summed E-state index contributed by atoms with van der Waals surface area (Å²) in [5, 5.41) is 32.7. The van der Waals surface area contributed by atoms with Crippen LogP contribution < -0.4 is 10.1 Å². The van der Waals surface area contributed by atoms with Crippen LogP contribution >= 0.6 is 23.8 Å². The molecule has 0 radical (unpaired) electrons. The molecule has 1 aromatic heterocycles. The van der Waals surface area contributed by atoms with Crippen LogP contribution in [0.15, 0.2) is 77.0 Å². The Morgan fingerprint density at radius 3 is 2.42 bits per heavy atom. The maximum absolute atomic E-state index is 12.5. The molecule has 0 bridgehead atoms. The molecule has 0 aliphatic heterocycles. The van der Waals surface area contributed by atoms with Crippen molar-refractivity contribution in [1.82, 2.24) is 4.57 Å². The summed E-state index contributed by atoms with van der Waals surface area (Å²) < 4.78 is 6.48. The van der Waals surface area contributed by atoms with Crippen LogP contribution in [0.1, 0.15) is 10.4 Å². The van der Waals surface area contributed by atoms with Gasteiger partial charge in [-0.25, -0.2) is 0 Å². The summed E-state index contributed by atoms with van der Waals surface area (Å²) in [5.41, 5.74) is 1.25. The Kier molecular flexibility index (Phi) is 6.25. The SMILES string of the molecule is COc1ccccc1NC(=S)N=NC(=O)c1ccc2c(O)n(-c3ccc(Cl)cc3)c(O)c2c1. The molecule has 1 heterocycles. The topological polar surface area (TPSA) is 108 Å². The number of carbonyl (C=O) groups excluding carboxylic acids is 1. The minimum atomic E-state index is -0.667. The summed E-state index contributed by atoms with van der Waals surface area (Å²) in [7, 11) is 1.53. The zero-order valence-electron chi connectivity index (χ0n) is 17.2. The summed E-state index contributed by atoms with van der Waals surface area (Å²) in [6.45, 7) is 0. The van der Waals surface area contributed by atoms with Gasteiger partial charge in [-0.05, 0) is 66.8 Å². The van der Waals surface area contributed by atoms with Gasteiger partial charge in [0.25, 0.3) is 5.91 Å². The number of fused-ring (bicyclic) bond motifs is 1. The summed E-state index contributed by atoms with van der Waals surface area (Å²) in [4.78, 5) is 12.5. The zero-order chi connectivity index (χ0) is 23.5. The lowest BCUT2D eigenvalue weighted by atomic mass is 10.1. The van der Waals surface area contributed by atoms with Crippen molar-refractivity contribution < 1.29 is 19.7 Å². The Hall–Kier alpha value is -3.95. The number of anilines is 1. The van der Waals surface area contributed by atoms with E-state index in [0.29, 0.717) is 27.5 Å². The van der Waals surface area contributed by atoms with E-state index >= 15 is 0 Å². The molecule has 3 N–H and O–H groups in total. The second-order valence-electron chi connectivity index (χ2n) is 6.85. The lowest BCUT2D eigenvalue weighted by Gasteiger charge is -2.08. The van der Waals surface area contributed by atoms with Crippen LogP contribution in [0.4, 0.5) is 5.69 Å². The van der Waals surface area contributed by atoms with Crippen LogP contribution in [0.3, 0.4) is 0 Å². The number of nitrogens with one attached hydrogen (secondary N) is 1. The predicted molar refractivity (Wildman–Crippen MR) is 130 cm³/mol. The number of hydrogen-bond acceptors (Lipinski definition) is 5. The number of aromatic nitrogens is 1. The number of nitrogens with zero attached hydrogens (tertiary/aromatic N) is 3. The number of methoxy groups -OCH3 is 1. The van der Waals surface area contributed by atoms with Crippen molar-refractivity contribution in [2.24, 2.45) is 10.2 Å². The average Bonchev–Trinajstić information content (AvgIpc) is 3.08. The third-order valence-corrected chi connectivity index (χ3v) is 5.27. The first kappa shape index (κ1) is 22.3. The van der Waals surface area contributed by atoms with Crippen LogP contribution in [0.5, 0.6) is 17.5 Å². The van der Waals surface area contributed by atoms with Crippen LogP contribution in [-0.2, 0) is 0 Å². The molecule has 10 heteroatoms. The lowest BCUT2D eigenvalue weighted by Crippen LogP contribution is -2.07. The highest BCUT2D eigenvalue weighted by atomic mass is 35.5. The first-order valence-corrected chi connectivity index (χ1v) is 10.4. The van der Waals surface area contributed by atoms with E-state index in [1.54, 1.807) is 42.5 Å². The minimum absolute atomic E-state index is 0.0247. The van der Waals surface area contributed by atoms with E-state index < -0.39 is 5.91 Å². The number of azo groups is 1. The van der Waals surface area contributed by atoms with Crippen molar-refractivity contribution >= 4 is 51.3 Å². The standard InChI is InChI=1S/C23H17ClN4O4S/c1-32-19-5-3-2-4-18(19)25-23(33)27-26-20(29)13-6-11-16-17(12-13)22(31)28(21(16)30)15-9-7-14(24)8-10-15/h2-12,30-31H,1H3,(H,25,33). The maximum atomic E-state index is 12.5. The molecule has 0 unspecified atom stereocenters. The second-order valence-corrected chi connectivity index (χ2v) is 7.68. The molecule has 0 aliphatic carbocycles. The minimum Gasteiger partial charge on any atom is -0.495 e. The Balaban J connectivity index is 1.58. The van der Waals surface area contributed by atoms with Crippen LogP contribution in [-0.4, -0.2) is 32.9 Å². The van der Waals surface area contributed by atoms with Gasteiger partial charge < -0.3 is 20.3 Å². The van der Waals surface area contributed by atoms with E-state index in [1.165, 1.54) is 29.9 Å². The van der Waals surface area contributed by atoms with Gasteiger partial charge in [0.2, 0.25) is 16.9 Å². The highest BCUT2D eigenvalue weighted by molar-refractivity contribution is 7.80. The van der Waals surface area contributed by atoms with Crippen molar-refractivity contribution in [3.8, 4) is 23.2 Å². The fourth-order valence-electron chi connectivity index (χ4n) is 3.27. The van der Waals surface area contributed by atoms with Crippen molar-refractivity contribution in [3.05, 3.63) is 77.3 Å². The zero-order valence-corrected chi connectivity index (χ0v) is 18.8. The van der Waals surface area contributed by atoms with Gasteiger partial charge in [-0.15, -0.1) is 10.2 Å². The first-order chi connectivity index (χ1) is 15.9. The third kappa shape index (κ3) is 4.50. The molecule has 0 saturated carbocycles. The van der Waals surface area contributed by atoms with Gasteiger partial charge in [-0.3, -0.25) is 9.36 Å². The molecule has 0 aliphatic rings. The number of benzene rings is 3. The Morgan fingerprint density at radius 1 is 1.00 bits per heavy atom. The maximum Gasteiger partial charge on any atom is 0.295 e. The number of thiocarbonyl (C=S) groups is 1. The molecular formula is C23H17ClN4O4S. The van der Waals surface area contributed by atoms with Crippen molar-refractivity contribution in [2.45, 2.75) is 0 Å². The molecule has 166 valence electrons. The summed E-state index contributed by atoms with van der Waals surface area (Å²) in [6.07, 6.45) is 0. The molecule has 4 rings (SSSR count). The Bertz CT molecular complexity index is 1400. The summed E-state index contributed by atoms with van der Waals surface area (Å²) in [6, 6.07) is 18.1. The predicted octanol–water partition coefficient (Wildman–Crippen LogP) is 5.69. The Labute approximate surface area is 198 Å². The van der Waals surface area contributed by atoms with Crippen LogP contribution in [0.25, 0.3) is 16.5 Å². The molecule has 0 saturated heterocycles. The monoisotopic (exact) mass is 480 g/mol. The van der Waals surface area contributed by atoms with Gasteiger partial charge in [-0.1, -0.05) is 23.7 Å². The van der Waals surface area contributed by atoms with Crippen LogP contribution in [0.2, 0.25) is 5.02 Å².